The zero-order chi connectivity index (χ0) is 13.6. The SMILES string of the molecule is CCc1nn(C)c2c1[nH]c(=S)n2-c1ccccc1Br. The highest BCUT2D eigenvalue weighted by Gasteiger charge is 2.16. The normalized spacial score (nSPS) is 11.3. The van der Waals surface area contributed by atoms with Gasteiger partial charge < -0.3 is 4.98 Å². The van der Waals surface area contributed by atoms with Crippen LogP contribution >= 0.6 is 28.1 Å². The molecular weight excluding hydrogens is 324 g/mol. The van der Waals surface area contributed by atoms with E-state index in [2.05, 4.69) is 32.9 Å². The molecule has 0 amide bonds. The van der Waals surface area contributed by atoms with E-state index in [9.17, 15) is 0 Å². The van der Waals surface area contributed by atoms with Crippen LogP contribution in [0.25, 0.3) is 16.9 Å². The largest absolute Gasteiger partial charge is 0.327 e. The molecule has 0 aliphatic carbocycles. The van der Waals surface area contributed by atoms with Gasteiger partial charge in [-0.3, -0.25) is 4.57 Å². The summed E-state index contributed by atoms with van der Waals surface area (Å²) in [5, 5.41) is 4.53. The first-order valence-corrected chi connectivity index (χ1v) is 7.25. The predicted molar refractivity (Wildman–Crippen MR) is 82.3 cm³/mol. The Morgan fingerprint density at radius 2 is 2.11 bits per heavy atom. The number of aromatic amines is 1. The lowest BCUT2D eigenvalue weighted by molar-refractivity contribution is 0.748. The molecule has 3 aromatic rings. The van der Waals surface area contributed by atoms with Crippen molar-refractivity contribution in [3.8, 4) is 5.69 Å². The van der Waals surface area contributed by atoms with Crippen molar-refractivity contribution in [3.05, 3.63) is 39.2 Å². The van der Waals surface area contributed by atoms with Gasteiger partial charge in [0, 0.05) is 11.5 Å². The Bertz CT molecular complexity index is 812. The summed E-state index contributed by atoms with van der Waals surface area (Å²) >= 11 is 9.04. The third kappa shape index (κ3) is 1.86. The molecule has 2 heterocycles. The molecule has 0 atom stereocenters. The van der Waals surface area contributed by atoms with Gasteiger partial charge in [-0.15, -0.1) is 0 Å². The van der Waals surface area contributed by atoms with Gasteiger partial charge in [-0.05, 0) is 46.7 Å². The van der Waals surface area contributed by atoms with E-state index >= 15 is 0 Å². The van der Waals surface area contributed by atoms with Crippen LogP contribution in [0.15, 0.2) is 28.7 Å². The van der Waals surface area contributed by atoms with Crippen molar-refractivity contribution >= 4 is 39.3 Å². The number of H-pyrrole nitrogens is 1. The molecule has 0 radical (unpaired) electrons. The molecule has 0 fully saturated rings. The van der Waals surface area contributed by atoms with E-state index in [0.29, 0.717) is 4.77 Å². The van der Waals surface area contributed by atoms with Crippen molar-refractivity contribution in [2.75, 3.05) is 0 Å². The van der Waals surface area contributed by atoms with Gasteiger partial charge in [-0.25, -0.2) is 4.68 Å². The number of imidazole rings is 1. The van der Waals surface area contributed by atoms with Gasteiger partial charge in [0.05, 0.1) is 11.4 Å². The van der Waals surface area contributed by atoms with Crippen LogP contribution in [0.3, 0.4) is 0 Å². The average molecular weight is 337 g/mol. The zero-order valence-corrected chi connectivity index (χ0v) is 13.0. The summed E-state index contributed by atoms with van der Waals surface area (Å²) in [6.07, 6.45) is 0.878. The summed E-state index contributed by atoms with van der Waals surface area (Å²) in [4.78, 5) is 3.27. The van der Waals surface area contributed by atoms with E-state index in [1.807, 2.05) is 40.6 Å². The third-order valence-electron chi connectivity index (χ3n) is 3.16. The number of aromatic nitrogens is 4. The van der Waals surface area contributed by atoms with E-state index in [0.717, 1.165) is 33.4 Å². The predicted octanol–water partition coefficient (Wildman–Crippen LogP) is 3.75. The fourth-order valence-corrected chi connectivity index (χ4v) is 3.07. The summed E-state index contributed by atoms with van der Waals surface area (Å²) in [5.41, 5.74) is 4.07. The van der Waals surface area contributed by atoms with Gasteiger partial charge in [0.2, 0.25) is 0 Å². The summed E-state index contributed by atoms with van der Waals surface area (Å²) < 4.78 is 5.58. The van der Waals surface area contributed by atoms with Crippen LogP contribution in [0, 0.1) is 4.77 Å². The number of nitrogens with one attached hydrogen (secondary N) is 1. The third-order valence-corrected chi connectivity index (χ3v) is 4.12. The van der Waals surface area contributed by atoms with E-state index in [1.54, 1.807) is 0 Å². The minimum Gasteiger partial charge on any atom is -0.327 e. The topological polar surface area (TPSA) is 38.5 Å². The smallest absolute Gasteiger partial charge is 0.184 e. The van der Waals surface area contributed by atoms with Crippen LogP contribution in [0.2, 0.25) is 0 Å². The quantitative estimate of drug-likeness (QED) is 0.724. The van der Waals surface area contributed by atoms with Gasteiger partial charge in [0.25, 0.3) is 0 Å². The number of rotatable bonds is 2. The Labute approximate surface area is 124 Å². The minimum absolute atomic E-state index is 0.685. The van der Waals surface area contributed by atoms with Crippen molar-refractivity contribution in [1.29, 1.82) is 0 Å². The zero-order valence-electron chi connectivity index (χ0n) is 10.6. The Kier molecular flexibility index (Phi) is 3.06. The van der Waals surface area contributed by atoms with Crippen LogP contribution in [0.5, 0.6) is 0 Å². The van der Waals surface area contributed by atoms with Crippen LogP contribution in [0.1, 0.15) is 12.6 Å². The van der Waals surface area contributed by atoms with Crippen molar-refractivity contribution in [1.82, 2.24) is 19.3 Å². The fourth-order valence-electron chi connectivity index (χ4n) is 2.32. The van der Waals surface area contributed by atoms with Crippen LogP contribution in [-0.2, 0) is 13.5 Å². The first kappa shape index (κ1) is 12.6. The maximum atomic E-state index is 5.46. The number of nitrogens with zero attached hydrogens (tertiary/aromatic N) is 3. The van der Waals surface area contributed by atoms with E-state index in [1.165, 1.54) is 0 Å². The summed E-state index contributed by atoms with van der Waals surface area (Å²) in [5.74, 6) is 0. The second kappa shape index (κ2) is 4.61. The molecule has 0 bridgehead atoms. The molecular formula is C13H13BrN4S. The number of aryl methyl sites for hydroxylation is 2. The Balaban J connectivity index is 2.42. The number of para-hydroxylation sites is 1. The van der Waals surface area contributed by atoms with Crippen molar-refractivity contribution in [2.24, 2.45) is 7.05 Å². The van der Waals surface area contributed by atoms with Gasteiger partial charge in [0.15, 0.2) is 10.4 Å². The summed E-state index contributed by atoms with van der Waals surface area (Å²) in [7, 11) is 1.94. The number of benzene rings is 1. The molecule has 2 aromatic heterocycles. The van der Waals surface area contributed by atoms with Gasteiger partial charge in [-0.1, -0.05) is 19.1 Å². The van der Waals surface area contributed by atoms with Crippen molar-refractivity contribution in [2.45, 2.75) is 13.3 Å². The molecule has 0 spiro atoms. The maximum Gasteiger partial charge on any atom is 0.184 e. The van der Waals surface area contributed by atoms with Gasteiger partial charge >= 0.3 is 0 Å². The molecule has 3 rings (SSSR count). The Morgan fingerprint density at radius 1 is 1.37 bits per heavy atom. The van der Waals surface area contributed by atoms with Crippen LogP contribution in [-0.4, -0.2) is 19.3 Å². The minimum atomic E-state index is 0.685. The maximum absolute atomic E-state index is 5.46. The first-order chi connectivity index (χ1) is 9.13. The lowest BCUT2D eigenvalue weighted by Gasteiger charge is -2.06. The highest BCUT2D eigenvalue weighted by Crippen LogP contribution is 2.26. The molecule has 0 saturated carbocycles. The molecule has 0 saturated heterocycles. The molecule has 1 aromatic carbocycles. The number of halogens is 1. The summed E-state index contributed by atoms with van der Waals surface area (Å²) in [6.45, 7) is 2.09. The van der Waals surface area contributed by atoms with Crippen LogP contribution < -0.4 is 0 Å². The highest BCUT2D eigenvalue weighted by atomic mass is 79.9. The van der Waals surface area contributed by atoms with Gasteiger partial charge in [-0.2, -0.15) is 5.10 Å². The lowest BCUT2D eigenvalue weighted by atomic mass is 10.3. The van der Waals surface area contributed by atoms with Crippen LogP contribution in [0.4, 0.5) is 0 Å². The monoisotopic (exact) mass is 336 g/mol. The molecule has 0 unspecified atom stereocenters. The summed E-state index contributed by atoms with van der Waals surface area (Å²) in [6, 6.07) is 8.03. The van der Waals surface area contributed by atoms with Gasteiger partial charge in [0.1, 0.15) is 5.52 Å². The number of fused-ring (bicyclic) bond motifs is 1. The van der Waals surface area contributed by atoms with Crippen molar-refractivity contribution in [3.63, 3.8) is 0 Å². The molecule has 1 N–H and O–H groups in total. The number of hydrogen-bond acceptors (Lipinski definition) is 2. The molecule has 98 valence electrons. The second-order valence-electron chi connectivity index (χ2n) is 4.34. The number of hydrogen-bond donors (Lipinski definition) is 1. The molecule has 6 heteroatoms. The molecule has 19 heavy (non-hydrogen) atoms. The Morgan fingerprint density at radius 3 is 2.79 bits per heavy atom. The molecule has 4 nitrogen and oxygen atoms in total. The molecule has 0 aliphatic rings. The van der Waals surface area contributed by atoms with E-state index in [4.69, 9.17) is 12.2 Å². The highest BCUT2D eigenvalue weighted by molar-refractivity contribution is 9.10. The lowest BCUT2D eigenvalue weighted by Crippen LogP contribution is -2.01. The average Bonchev–Trinajstić information content (AvgIpc) is 2.88. The Hall–Kier alpha value is -1.40. The fraction of sp³-hybridized carbons (Fsp3) is 0.231. The van der Waals surface area contributed by atoms with Crippen molar-refractivity contribution < 1.29 is 0 Å². The van der Waals surface area contributed by atoms with E-state index in [-0.39, 0.29) is 0 Å². The van der Waals surface area contributed by atoms with E-state index < -0.39 is 0 Å². The second-order valence-corrected chi connectivity index (χ2v) is 5.58. The first-order valence-electron chi connectivity index (χ1n) is 6.05. The molecule has 0 aliphatic heterocycles. The standard InChI is InChI=1S/C13H13BrN4S/c1-3-9-11-12(17(2)16-9)18(13(19)15-11)10-7-5-4-6-8(10)14/h4-7H,3H2,1-2H3,(H,15,19).